The molecule has 2 nitrogen and oxygen atoms in total. The molecule has 0 aliphatic rings. The van der Waals surface area contributed by atoms with Crippen LogP contribution in [0.3, 0.4) is 0 Å². The van der Waals surface area contributed by atoms with Gasteiger partial charge in [0, 0.05) is 5.56 Å². The first-order chi connectivity index (χ1) is 7.90. The zero-order chi connectivity index (χ0) is 13.2. The van der Waals surface area contributed by atoms with Gasteiger partial charge in [0.05, 0.1) is 6.04 Å². The summed E-state index contributed by atoms with van der Waals surface area (Å²) in [6.45, 7) is 13.0. The van der Waals surface area contributed by atoms with E-state index in [1.165, 1.54) is 11.1 Å². The molecule has 17 heavy (non-hydrogen) atoms. The molecule has 0 aromatic heterocycles. The van der Waals surface area contributed by atoms with Crippen molar-refractivity contribution in [3.8, 4) is 0 Å². The Morgan fingerprint density at radius 2 is 1.65 bits per heavy atom. The number of hydrogen-bond donors (Lipinski definition) is 1. The van der Waals surface area contributed by atoms with Gasteiger partial charge < -0.3 is 5.32 Å². The van der Waals surface area contributed by atoms with Crippen molar-refractivity contribution in [2.75, 3.05) is 6.54 Å². The number of aryl methyl sites for hydroxylation is 2. The molecule has 0 bridgehead atoms. The van der Waals surface area contributed by atoms with Crippen molar-refractivity contribution in [1.82, 2.24) is 5.32 Å². The second-order valence-electron chi connectivity index (χ2n) is 4.78. The van der Waals surface area contributed by atoms with Crippen molar-refractivity contribution in [2.45, 2.75) is 47.6 Å². The van der Waals surface area contributed by atoms with Gasteiger partial charge in [-0.1, -0.05) is 13.0 Å². The van der Waals surface area contributed by atoms with Gasteiger partial charge in [-0.2, -0.15) is 0 Å². The van der Waals surface area contributed by atoms with Crippen molar-refractivity contribution < 1.29 is 4.79 Å². The van der Waals surface area contributed by atoms with Crippen molar-refractivity contribution in [3.63, 3.8) is 0 Å². The fourth-order valence-electron chi connectivity index (χ4n) is 2.20. The van der Waals surface area contributed by atoms with Crippen LogP contribution in [0.4, 0.5) is 0 Å². The highest BCUT2D eigenvalue weighted by Gasteiger charge is 2.20. The number of benzene rings is 1. The lowest BCUT2D eigenvalue weighted by molar-refractivity contribution is 0.0950. The van der Waals surface area contributed by atoms with E-state index in [1.54, 1.807) is 0 Å². The summed E-state index contributed by atoms with van der Waals surface area (Å²) in [7, 11) is 0. The second-order valence-corrected chi connectivity index (χ2v) is 4.78. The third kappa shape index (κ3) is 2.75. The highest BCUT2D eigenvalue weighted by molar-refractivity contribution is 6.02. The summed E-state index contributed by atoms with van der Waals surface area (Å²) in [6.07, 6.45) is 0. The number of rotatable bonds is 4. The van der Waals surface area contributed by atoms with Gasteiger partial charge >= 0.3 is 0 Å². The maximum absolute atomic E-state index is 12.4. The van der Waals surface area contributed by atoms with Crippen molar-refractivity contribution in [1.29, 1.82) is 0 Å². The predicted octanol–water partition coefficient (Wildman–Crippen LogP) is 3.10. The minimum atomic E-state index is -0.112. The largest absolute Gasteiger partial charge is 0.308 e. The van der Waals surface area contributed by atoms with Crippen LogP contribution in [0.1, 0.15) is 46.5 Å². The molecular weight excluding hydrogens is 210 g/mol. The van der Waals surface area contributed by atoms with Crippen molar-refractivity contribution in [3.05, 3.63) is 33.9 Å². The van der Waals surface area contributed by atoms with Gasteiger partial charge in [-0.25, -0.2) is 0 Å². The van der Waals surface area contributed by atoms with Gasteiger partial charge in [-0.3, -0.25) is 4.79 Å². The molecule has 0 heterocycles. The van der Waals surface area contributed by atoms with Gasteiger partial charge in [0.2, 0.25) is 0 Å². The molecule has 0 fully saturated rings. The first-order valence-corrected chi connectivity index (χ1v) is 6.25. The van der Waals surface area contributed by atoms with E-state index >= 15 is 0 Å². The molecule has 0 saturated heterocycles. The van der Waals surface area contributed by atoms with Crippen molar-refractivity contribution in [2.24, 2.45) is 0 Å². The molecule has 1 atom stereocenters. The third-order valence-electron chi connectivity index (χ3n) is 3.52. The fourth-order valence-corrected chi connectivity index (χ4v) is 2.20. The molecule has 0 saturated carbocycles. The number of nitrogens with one attached hydrogen (secondary N) is 1. The molecule has 2 heteroatoms. The van der Waals surface area contributed by atoms with Crippen LogP contribution in [0.15, 0.2) is 6.07 Å². The Hall–Kier alpha value is -1.15. The van der Waals surface area contributed by atoms with Crippen LogP contribution in [0, 0.1) is 27.7 Å². The summed E-state index contributed by atoms with van der Waals surface area (Å²) in [5.41, 5.74) is 5.52. The zero-order valence-electron chi connectivity index (χ0n) is 11.8. The smallest absolute Gasteiger partial charge is 0.179 e. The van der Waals surface area contributed by atoms with Gasteiger partial charge in [-0.15, -0.1) is 0 Å². The minimum absolute atomic E-state index is 0.112. The molecule has 0 amide bonds. The maximum Gasteiger partial charge on any atom is 0.179 e. The molecule has 0 radical (unpaired) electrons. The molecule has 94 valence electrons. The summed E-state index contributed by atoms with van der Waals surface area (Å²) >= 11 is 0. The molecule has 0 aliphatic carbocycles. The van der Waals surface area contributed by atoms with Crippen LogP contribution in [0.25, 0.3) is 0 Å². The third-order valence-corrected chi connectivity index (χ3v) is 3.52. The quantitative estimate of drug-likeness (QED) is 0.810. The standard InChI is InChI=1S/C15H23NO/c1-7-16-13(6)15(17)14-11(4)9(2)8-10(3)12(14)5/h8,13,16H,7H2,1-6H3. The molecule has 1 aromatic rings. The number of carbonyl (C=O) groups is 1. The Morgan fingerprint density at radius 1 is 1.18 bits per heavy atom. The van der Waals surface area contributed by atoms with Gasteiger partial charge in [0.15, 0.2) is 5.78 Å². The number of Topliss-reactive ketones (excluding diaryl/α,β-unsaturated/α-hetero) is 1. The molecule has 0 aliphatic heterocycles. The molecule has 1 rings (SSSR count). The Balaban J connectivity index is 3.26. The van der Waals surface area contributed by atoms with Crippen LogP contribution < -0.4 is 5.32 Å². The lowest BCUT2D eigenvalue weighted by atomic mass is 9.89. The van der Waals surface area contributed by atoms with E-state index in [1.807, 2.05) is 27.7 Å². The average Bonchev–Trinajstić information content (AvgIpc) is 2.27. The number of hydrogen-bond acceptors (Lipinski definition) is 2. The van der Waals surface area contributed by atoms with Gasteiger partial charge in [0.25, 0.3) is 0 Å². The Morgan fingerprint density at radius 3 is 2.06 bits per heavy atom. The van der Waals surface area contributed by atoms with Crippen LogP contribution in [-0.4, -0.2) is 18.4 Å². The summed E-state index contributed by atoms with van der Waals surface area (Å²) in [5, 5.41) is 3.19. The normalized spacial score (nSPS) is 12.6. The van der Waals surface area contributed by atoms with Gasteiger partial charge in [0.1, 0.15) is 0 Å². The second kappa shape index (κ2) is 5.46. The van der Waals surface area contributed by atoms with Crippen LogP contribution in [0.5, 0.6) is 0 Å². The first-order valence-electron chi connectivity index (χ1n) is 6.25. The molecule has 1 N–H and O–H groups in total. The van der Waals surface area contributed by atoms with Crippen LogP contribution in [-0.2, 0) is 0 Å². The van der Waals surface area contributed by atoms with Gasteiger partial charge in [-0.05, 0) is 63.4 Å². The topological polar surface area (TPSA) is 29.1 Å². The van der Waals surface area contributed by atoms with E-state index in [-0.39, 0.29) is 11.8 Å². The Labute approximate surface area is 104 Å². The van der Waals surface area contributed by atoms with E-state index in [0.717, 1.165) is 23.2 Å². The Bertz CT molecular complexity index is 409. The van der Waals surface area contributed by atoms with Crippen LogP contribution in [0.2, 0.25) is 0 Å². The van der Waals surface area contributed by atoms with E-state index in [0.29, 0.717) is 0 Å². The van der Waals surface area contributed by atoms with E-state index < -0.39 is 0 Å². The highest BCUT2D eigenvalue weighted by Crippen LogP contribution is 2.22. The summed E-state index contributed by atoms with van der Waals surface area (Å²) in [6, 6.07) is 2.04. The van der Waals surface area contributed by atoms with Crippen LogP contribution >= 0.6 is 0 Å². The number of ketones is 1. The minimum Gasteiger partial charge on any atom is -0.308 e. The number of likely N-dealkylation sites (N-methyl/N-ethyl adjacent to an activating group) is 1. The van der Waals surface area contributed by atoms with E-state index in [9.17, 15) is 4.79 Å². The zero-order valence-corrected chi connectivity index (χ0v) is 11.8. The molecule has 1 unspecified atom stereocenters. The first kappa shape index (κ1) is 13.9. The molecule has 1 aromatic carbocycles. The lowest BCUT2D eigenvalue weighted by Crippen LogP contribution is -2.34. The van der Waals surface area contributed by atoms with E-state index in [2.05, 4.69) is 25.2 Å². The summed E-state index contributed by atoms with van der Waals surface area (Å²) in [4.78, 5) is 12.4. The average molecular weight is 233 g/mol. The number of carbonyl (C=O) groups excluding carboxylic acids is 1. The predicted molar refractivity (Wildman–Crippen MR) is 72.9 cm³/mol. The monoisotopic (exact) mass is 233 g/mol. The maximum atomic E-state index is 12.4. The molecular formula is C15H23NO. The fraction of sp³-hybridized carbons (Fsp3) is 0.533. The Kier molecular flexibility index (Phi) is 4.47. The molecule has 0 spiro atoms. The summed E-state index contributed by atoms with van der Waals surface area (Å²) in [5.74, 6) is 0.202. The lowest BCUT2D eigenvalue weighted by Gasteiger charge is -2.18. The van der Waals surface area contributed by atoms with Crippen molar-refractivity contribution >= 4 is 5.78 Å². The van der Waals surface area contributed by atoms with E-state index in [4.69, 9.17) is 0 Å². The SMILES string of the molecule is CCNC(C)C(=O)c1c(C)c(C)cc(C)c1C. The highest BCUT2D eigenvalue weighted by atomic mass is 16.1. The summed E-state index contributed by atoms with van der Waals surface area (Å²) < 4.78 is 0.